The lowest BCUT2D eigenvalue weighted by molar-refractivity contribution is 0.241. The molecule has 5 heteroatoms. The normalized spacial score (nSPS) is 12.7. The van der Waals surface area contributed by atoms with Crippen molar-refractivity contribution >= 4 is 16.9 Å². The first-order valence-corrected chi connectivity index (χ1v) is 9.72. The van der Waals surface area contributed by atoms with Crippen LogP contribution < -0.4 is 5.32 Å². The number of anilines is 1. The molecule has 3 aromatic rings. The van der Waals surface area contributed by atoms with Gasteiger partial charge < -0.3 is 15.0 Å². The van der Waals surface area contributed by atoms with Gasteiger partial charge in [0.05, 0.1) is 29.4 Å². The van der Waals surface area contributed by atoms with Gasteiger partial charge in [-0.1, -0.05) is 20.8 Å². The molecule has 0 bridgehead atoms. The average Bonchev–Trinajstić information content (AvgIpc) is 3.01. The van der Waals surface area contributed by atoms with Crippen LogP contribution in [0.25, 0.3) is 22.3 Å². The number of nitrogens with zero attached hydrogens (tertiary/aromatic N) is 3. The minimum atomic E-state index is 0.0263. The first kappa shape index (κ1) is 19.4. The van der Waals surface area contributed by atoms with Crippen molar-refractivity contribution in [3.05, 3.63) is 41.2 Å². The van der Waals surface area contributed by atoms with Crippen molar-refractivity contribution in [2.75, 3.05) is 19.0 Å². The van der Waals surface area contributed by atoms with Crippen molar-refractivity contribution in [3.8, 4) is 11.3 Å². The highest BCUT2D eigenvalue weighted by atomic mass is 16.3. The number of aliphatic hydroxyl groups is 1. The van der Waals surface area contributed by atoms with Gasteiger partial charge in [0, 0.05) is 24.5 Å². The van der Waals surface area contributed by atoms with Crippen LogP contribution in [-0.2, 0) is 6.42 Å². The number of aromatic nitrogens is 3. The zero-order valence-electron chi connectivity index (χ0n) is 17.2. The van der Waals surface area contributed by atoms with E-state index in [1.165, 1.54) is 5.56 Å². The van der Waals surface area contributed by atoms with Crippen molar-refractivity contribution in [3.63, 3.8) is 0 Å². The monoisotopic (exact) mass is 366 g/mol. The summed E-state index contributed by atoms with van der Waals surface area (Å²) >= 11 is 0. The second-order valence-electron chi connectivity index (χ2n) is 7.51. The van der Waals surface area contributed by atoms with Crippen molar-refractivity contribution in [1.82, 2.24) is 14.5 Å². The maximum Gasteiger partial charge on any atom is 0.135 e. The summed E-state index contributed by atoms with van der Waals surface area (Å²) in [5.41, 5.74) is 7.44. The number of aryl methyl sites for hydroxylation is 2. The Balaban J connectivity index is 2.25. The highest BCUT2D eigenvalue weighted by Crippen LogP contribution is 2.33. The SMILES string of the molecule is CCc1cc2c(nc1-c1ccc(C(C)C)nc1NC)c(C)cn2[C@@H](C)CO. The van der Waals surface area contributed by atoms with E-state index < -0.39 is 0 Å². The molecule has 144 valence electrons. The summed E-state index contributed by atoms with van der Waals surface area (Å²) in [6.45, 7) is 10.7. The molecule has 3 rings (SSSR count). The van der Waals surface area contributed by atoms with Crippen LogP contribution in [0.3, 0.4) is 0 Å². The third kappa shape index (κ3) is 3.44. The molecule has 0 amide bonds. The van der Waals surface area contributed by atoms with Gasteiger partial charge in [-0.05, 0) is 55.5 Å². The lowest BCUT2D eigenvalue weighted by atomic mass is 10.0. The zero-order chi connectivity index (χ0) is 19.7. The molecule has 0 saturated heterocycles. The van der Waals surface area contributed by atoms with Gasteiger partial charge in [-0.15, -0.1) is 0 Å². The molecule has 2 N–H and O–H groups in total. The van der Waals surface area contributed by atoms with Crippen LogP contribution in [0.2, 0.25) is 0 Å². The smallest absolute Gasteiger partial charge is 0.135 e. The van der Waals surface area contributed by atoms with Gasteiger partial charge in [0.25, 0.3) is 0 Å². The molecule has 3 aromatic heterocycles. The molecular weight excluding hydrogens is 336 g/mol. The van der Waals surface area contributed by atoms with Crippen LogP contribution in [0.4, 0.5) is 5.82 Å². The van der Waals surface area contributed by atoms with Crippen molar-refractivity contribution in [2.45, 2.75) is 53.0 Å². The Hall–Kier alpha value is -2.40. The fraction of sp³-hybridized carbons (Fsp3) is 0.455. The quantitative estimate of drug-likeness (QED) is 0.664. The molecule has 0 fully saturated rings. The molecule has 0 aromatic carbocycles. The summed E-state index contributed by atoms with van der Waals surface area (Å²) in [6.07, 6.45) is 2.96. The topological polar surface area (TPSA) is 63.0 Å². The standard InChI is InChI=1S/C22H30N4O/c1-7-16-10-19-20(14(4)11-26(19)15(5)12-27)25-21(16)17-8-9-18(13(2)3)24-22(17)23-6/h8-11,13,15,27H,7,12H2,1-6H3,(H,23,24)/t15-/m0/s1. The van der Waals surface area contributed by atoms with Gasteiger partial charge in [0.1, 0.15) is 5.82 Å². The maximum absolute atomic E-state index is 9.60. The largest absolute Gasteiger partial charge is 0.394 e. The van der Waals surface area contributed by atoms with Crippen molar-refractivity contribution in [2.24, 2.45) is 0 Å². The number of nitrogens with one attached hydrogen (secondary N) is 1. The molecular formula is C22H30N4O. The van der Waals surface area contributed by atoms with Gasteiger partial charge in [-0.3, -0.25) is 0 Å². The van der Waals surface area contributed by atoms with Crippen LogP contribution >= 0.6 is 0 Å². The molecule has 0 radical (unpaired) electrons. The Morgan fingerprint density at radius 2 is 1.93 bits per heavy atom. The molecule has 0 aliphatic rings. The second-order valence-corrected chi connectivity index (χ2v) is 7.51. The van der Waals surface area contributed by atoms with Crippen molar-refractivity contribution in [1.29, 1.82) is 0 Å². The Morgan fingerprint density at radius 1 is 1.19 bits per heavy atom. The lowest BCUT2D eigenvalue weighted by Crippen LogP contribution is -2.08. The fourth-order valence-corrected chi connectivity index (χ4v) is 3.50. The van der Waals surface area contributed by atoms with Crippen LogP contribution in [0.1, 0.15) is 56.5 Å². The molecule has 27 heavy (non-hydrogen) atoms. The van der Waals surface area contributed by atoms with E-state index in [0.717, 1.165) is 45.8 Å². The van der Waals surface area contributed by atoms with Gasteiger partial charge in [0.15, 0.2) is 0 Å². The summed E-state index contributed by atoms with van der Waals surface area (Å²) < 4.78 is 2.12. The Labute approximate surface area is 161 Å². The summed E-state index contributed by atoms with van der Waals surface area (Å²) in [7, 11) is 1.91. The van der Waals surface area contributed by atoms with E-state index in [1.807, 2.05) is 14.0 Å². The van der Waals surface area contributed by atoms with Gasteiger partial charge in [-0.25, -0.2) is 9.97 Å². The molecule has 5 nitrogen and oxygen atoms in total. The number of pyridine rings is 2. The van der Waals surface area contributed by atoms with Crippen LogP contribution in [0.15, 0.2) is 24.4 Å². The second kappa shape index (κ2) is 7.69. The van der Waals surface area contributed by atoms with Gasteiger partial charge in [-0.2, -0.15) is 0 Å². The van der Waals surface area contributed by atoms with E-state index in [2.05, 4.69) is 62.0 Å². The minimum Gasteiger partial charge on any atom is -0.394 e. The molecule has 0 saturated carbocycles. The molecule has 0 unspecified atom stereocenters. The average molecular weight is 367 g/mol. The summed E-state index contributed by atoms with van der Waals surface area (Å²) in [6, 6.07) is 6.47. The molecule has 0 aliphatic heterocycles. The third-order valence-corrected chi connectivity index (χ3v) is 5.19. The van der Waals surface area contributed by atoms with E-state index in [4.69, 9.17) is 9.97 Å². The number of rotatable bonds is 6. The first-order valence-electron chi connectivity index (χ1n) is 9.72. The summed E-state index contributed by atoms with van der Waals surface area (Å²) in [4.78, 5) is 9.86. The Kier molecular flexibility index (Phi) is 5.51. The third-order valence-electron chi connectivity index (χ3n) is 5.19. The highest BCUT2D eigenvalue weighted by molar-refractivity contribution is 5.86. The van der Waals surface area contributed by atoms with E-state index in [1.54, 1.807) is 0 Å². The highest BCUT2D eigenvalue weighted by Gasteiger charge is 2.18. The fourth-order valence-electron chi connectivity index (χ4n) is 3.50. The number of aliphatic hydroxyl groups excluding tert-OH is 1. The van der Waals surface area contributed by atoms with E-state index >= 15 is 0 Å². The minimum absolute atomic E-state index is 0.0263. The van der Waals surface area contributed by atoms with E-state index in [0.29, 0.717) is 5.92 Å². The predicted molar refractivity (Wildman–Crippen MR) is 113 cm³/mol. The lowest BCUT2D eigenvalue weighted by Gasteiger charge is -2.16. The number of hydrogen-bond acceptors (Lipinski definition) is 4. The maximum atomic E-state index is 9.60. The predicted octanol–water partition coefficient (Wildman–Crippen LogP) is 4.69. The van der Waals surface area contributed by atoms with Crippen LogP contribution in [0.5, 0.6) is 0 Å². The first-order chi connectivity index (χ1) is 12.9. The summed E-state index contributed by atoms with van der Waals surface area (Å²) in [5.74, 6) is 1.24. The number of hydrogen-bond donors (Lipinski definition) is 2. The molecule has 3 heterocycles. The molecule has 0 spiro atoms. The summed E-state index contributed by atoms with van der Waals surface area (Å²) in [5, 5.41) is 12.8. The van der Waals surface area contributed by atoms with Gasteiger partial charge in [0.2, 0.25) is 0 Å². The van der Waals surface area contributed by atoms with Crippen molar-refractivity contribution < 1.29 is 5.11 Å². The van der Waals surface area contributed by atoms with Gasteiger partial charge >= 0.3 is 0 Å². The van der Waals surface area contributed by atoms with E-state index in [9.17, 15) is 5.11 Å². The van der Waals surface area contributed by atoms with E-state index in [-0.39, 0.29) is 12.6 Å². The van der Waals surface area contributed by atoms with Crippen LogP contribution in [0, 0.1) is 6.92 Å². The zero-order valence-corrected chi connectivity index (χ0v) is 17.2. The molecule has 0 aliphatic carbocycles. The Bertz CT molecular complexity index is 959. The Morgan fingerprint density at radius 3 is 2.52 bits per heavy atom. The molecule has 1 atom stereocenters. The number of fused-ring (bicyclic) bond motifs is 1. The van der Waals surface area contributed by atoms with Crippen LogP contribution in [-0.4, -0.2) is 33.3 Å².